The van der Waals surface area contributed by atoms with Crippen molar-refractivity contribution in [2.75, 3.05) is 0 Å². The fourth-order valence-corrected chi connectivity index (χ4v) is 1.00. The molecule has 0 saturated carbocycles. The van der Waals surface area contributed by atoms with Crippen molar-refractivity contribution in [2.45, 2.75) is 33.6 Å². The van der Waals surface area contributed by atoms with Crippen molar-refractivity contribution >= 4 is 0 Å². The molecule has 1 aliphatic carbocycles. The van der Waals surface area contributed by atoms with Crippen molar-refractivity contribution in [1.82, 2.24) is 0 Å². The molecule has 0 aromatic carbocycles. The van der Waals surface area contributed by atoms with Gasteiger partial charge in [0.25, 0.3) is 0 Å². The van der Waals surface area contributed by atoms with Gasteiger partial charge in [0.2, 0.25) is 0 Å². The molecule has 0 bridgehead atoms. The lowest BCUT2D eigenvalue weighted by molar-refractivity contribution is 0.414. The molecule has 1 heteroatoms. The lowest BCUT2D eigenvalue weighted by Gasteiger charge is -2.14. The van der Waals surface area contributed by atoms with E-state index in [2.05, 4.69) is 20.8 Å². The number of hydrogen-bond donors (Lipinski definition) is 1. The van der Waals surface area contributed by atoms with Gasteiger partial charge in [0, 0.05) is 12.1 Å². The molecule has 0 atom stereocenters. The minimum Gasteiger partial charge on any atom is -0.402 e. The topological polar surface area (TPSA) is 26.0 Å². The third-order valence-electron chi connectivity index (χ3n) is 1.48. The first kappa shape index (κ1) is 6.66. The summed E-state index contributed by atoms with van der Waals surface area (Å²) in [6.45, 7) is 6.72. The van der Waals surface area contributed by atoms with Crippen LogP contribution in [-0.4, -0.2) is 0 Å². The molecule has 0 heterocycles. The van der Waals surface area contributed by atoms with Gasteiger partial charge in [0.1, 0.15) is 0 Å². The van der Waals surface area contributed by atoms with Crippen LogP contribution in [0.4, 0.5) is 0 Å². The zero-order valence-corrected chi connectivity index (χ0v) is 6.49. The van der Waals surface area contributed by atoms with Gasteiger partial charge >= 0.3 is 0 Å². The third kappa shape index (κ3) is 2.08. The molecule has 0 amide bonds. The normalized spacial score (nSPS) is 18.6. The number of allylic oxidation sites excluding steroid dienone is 2. The van der Waals surface area contributed by atoms with E-state index in [1.54, 1.807) is 0 Å². The van der Waals surface area contributed by atoms with Gasteiger partial charge in [-0.15, -0.1) is 0 Å². The Hall–Kier alpha value is -0.460. The molecular formula is C8H15N. The molecule has 2 N–H and O–H groups in total. The molecule has 0 aliphatic heterocycles. The van der Waals surface area contributed by atoms with Crippen LogP contribution in [0.1, 0.15) is 33.6 Å². The second-order valence-corrected chi connectivity index (χ2v) is 4.04. The largest absolute Gasteiger partial charge is 0.402 e. The Kier molecular flexibility index (Phi) is 1.30. The number of hydrogen-bond acceptors (Lipinski definition) is 1. The maximum atomic E-state index is 5.55. The van der Waals surface area contributed by atoms with Crippen LogP contribution < -0.4 is 5.73 Å². The van der Waals surface area contributed by atoms with Crippen molar-refractivity contribution in [2.24, 2.45) is 11.1 Å². The highest BCUT2D eigenvalue weighted by Gasteiger charge is 2.23. The maximum absolute atomic E-state index is 5.55. The van der Waals surface area contributed by atoms with Crippen molar-refractivity contribution < 1.29 is 0 Å². The van der Waals surface area contributed by atoms with Crippen molar-refractivity contribution in [3.05, 3.63) is 11.3 Å². The third-order valence-corrected chi connectivity index (χ3v) is 1.48. The lowest BCUT2D eigenvalue weighted by atomic mass is 9.91. The highest BCUT2D eigenvalue weighted by atomic mass is 14.6. The molecule has 0 radical (unpaired) electrons. The molecule has 0 aromatic rings. The van der Waals surface area contributed by atoms with Crippen LogP contribution >= 0.6 is 0 Å². The van der Waals surface area contributed by atoms with Crippen LogP contribution in [-0.2, 0) is 0 Å². The SMILES string of the molecule is CC(C)(C)CC1=C(N)C1. The molecule has 1 nitrogen and oxygen atoms in total. The summed E-state index contributed by atoms with van der Waals surface area (Å²) in [5.41, 5.74) is 8.58. The summed E-state index contributed by atoms with van der Waals surface area (Å²) in [7, 11) is 0. The molecule has 0 unspecified atom stereocenters. The monoisotopic (exact) mass is 125 g/mol. The molecule has 0 spiro atoms. The fourth-order valence-electron chi connectivity index (χ4n) is 1.00. The molecule has 1 aliphatic rings. The quantitative estimate of drug-likeness (QED) is 0.570. The first-order valence-corrected chi connectivity index (χ1v) is 3.45. The zero-order chi connectivity index (χ0) is 7.07. The Morgan fingerprint density at radius 1 is 1.44 bits per heavy atom. The van der Waals surface area contributed by atoms with E-state index in [1.807, 2.05) is 0 Å². The highest BCUT2D eigenvalue weighted by molar-refractivity contribution is 5.32. The summed E-state index contributed by atoms with van der Waals surface area (Å²) >= 11 is 0. The van der Waals surface area contributed by atoms with Gasteiger partial charge in [-0.2, -0.15) is 0 Å². The minimum atomic E-state index is 0.427. The van der Waals surface area contributed by atoms with E-state index in [0.29, 0.717) is 5.41 Å². The van der Waals surface area contributed by atoms with Gasteiger partial charge < -0.3 is 5.73 Å². The van der Waals surface area contributed by atoms with Crippen LogP contribution in [0, 0.1) is 5.41 Å². The summed E-state index contributed by atoms with van der Waals surface area (Å²) in [5, 5.41) is 0. The highest BCUT2D eigenvalue weighted by Crippen LogP contribution is 2.36. The number of rotatable bonds is 1. The van der Waals surface area contributed by atoms with Gasteiger partial charge in [-0.05, 0) is 17.4 Å². The van der Waals surface area contributed by atoms with E-state index in [4.69, 9.17) is 5.73 Å². The smallest absolute Gasteiger partial charge is 0.0118 e. The van der Waals surface area contributed by atoms with E-state index in [9.17, 15) is 0 Å². The molecule has 1 rings (SSSR count). The summed E-state index contributed by atoms with van der Waals surface area (Å²) in [6, 6.07) is 0. The average Bonchev–Trinajstić information content (AvgIpc) is 2.13. The Labute approximate surface area is 56.9 Å². The Bertz CT molecular complexity index is 148. The fraction of sp³-hybridized carbons (Fsp3) is 0.750. The van der Waals surface area contributed by atoms with Crippen molar-refractivity contribution in [1.29, 1.82) is 0 Å². The summed E-state index contributed by atoms with van der Waals surface area (Å²) in [4.78, 5) is 0. The summed E-state index contributed by atoms with van der Waals surface area (Å²) < 4.78 is 0. The van der Waals surface area contributed by atoms with Crippen LogP contribution in [0.5, 0.6) is 0 Å². The van der Waals surface area contributed by atoms with E-state index in [-0.39, 0.29) is 0 Å². The Balaban J connectivity index is 2.36. The second kappa shape index (κ2) is 1.76. The standard InChI is InChI=1S/C8H15N/c1-8(2,3)5-6-4-7(6)9/h4-5,9H2,1-3H3. The van der Waals surface area contributed by atoms with Crippen LogP contribution in [0.15, 0.2) is 11.3 Å². The molecule has 0 fully saturated rings. The van der Waals surface area contributed by atoms with Gasteiger partial charge in [0.15, 0.2) is 0 Å². The first-order chi connectivity index (χ1) is 3.99. The zero-order valence-electron chi connectivity index (χ0n) is 6.49. The first-order valence-electron chi connectivity index (χ1n) is 3.45. The van der Waals surface area contributed by atoms with E-state index < -0.39 is 0 Å². The van der Waals surface area contributed by atoms with Gasteiger partial charge in [-0.25, -0.2) is 0 Å². The van der Waals surface area contributed by atoms with E-state index in [1.165, 1.54) is 12.0 Å². The van der Waals surface area contributed by atoms with Gasteiger partial charge in [0.05, 0.1) is 0 Å². The maximum Gasteiger partial charge on any atom is 0.0118 e. The molecule has 52 valence electrons. The predicted octanol–water partition coefficient (Wildman–Crippen LogP) is 2.04. The van der Waals surface area contributed by atoms with Crippen molar-refractivity contribution in [3.8, 4) is 0 Å². The Morgan fingerprint density at radius 2 is 1.89 bits per heavy atom. The predicted molar refractivity (Wildman–Crippen MR) is 39.9 cm³/mol. The van der Waals surface area contributed by atoms with Gasteiger partial charge in [-0.3, -0.25) is 0 Å². The van der Waals surface area contributed by atoms with Crippen LogP contribution in [0.2, 0.25) is 0 Å². The minimum absolute atomic E-state index is 0.427. The number of nitrogens with two attached hydrogens (primary N) is 1. The van der Waals surface area contributed by atoms with E-state index in [0.717, 1.165) is 12.1 Å². The second-order valence-electron chi connectivity index (χ2n) is 4.04. The van der Waals surface area contributed by atoms with Crippen molar-refractivity contribution in [3.63, 3.8) is 0 Å². The summed E-state index contributed by atoms with van der Waals surface area (Å²) in [6.07, 6.45) is 2.27. The molecule has 0 aromatic heterocycles. The Morgan fingerprint density at radius 3 is 2.00 bits per heavy atom. The van der Waals surface area contributed by atoms with Crippen LogP contribution in [0.3, 0.4) is 0 Å². The van der Waals surface area contributed by atoms with E-state index >= 15 is 0 Å². The average molecular weight is 125 g/mol. The molecular weight excluding hydrogens is 110 g/mol. The van der Waals surface area contributed by atoms with Crippen LogP contribution in [0.25, 0.3) is 0 Å². The molecule has 0 saturated heterocycles. The lowest BCUT2D eigenvalue weighted by Crippen LogP contribution is -2.02. The summed E-state index contributed by atoms with van der Waals surface area (Å²) in [5.74, 6) is 0. The molecule has 9 heavy (non-hydrogen) atoms. The van der Waals surface area contributed by atoms with Gasteiger partial charge in [-0.1, -0.05) is 20.8 Å².